The summed E-state index contributed by atoms with van der Waals surface area (Å²) >= 11 is 0. The molecule has 1 amide bonds. The summed E-state index contributed by atoms with van der Waals surface area (Å²) in [6.07, 6.45) is 3.55. The third-order valence-corrected chi connectivity index (χ3v) is 5.79. The fraction of sp³-hybridized carbons (Fsp3) is 0.304. The SMILES string of the molecule is Cc1ccc(-c2nccc(-c3ccc4c(c3)N(C3COC3)C(=O)C4(C)C)n2)cn1. The van der Waals surface area contributed by atoms with Gasteiger partial charge in [-0.05, 0) is 50.6 Å². The molecule has 146 valence electrons. The van der Waals surface area contributed by atoms with Crippen LogP contribution < -0.4 is 4.90 Å². The van der Waals surface area contributed by atoms with Gasteiger partial charge in [-0.1, -0.05) is 12.1 Å². The quantitative estimate of drug-likeness (QED) is 0.689. The van der Waals surface area contributed by atoms with E-state index in [-0.39, 0.29) is 11.9 Å². The van der Waals surface area contributed by atoms with Gasteiger partial charge in [0.2, 0.25) is 5.91 Å². The van der Waals surface area contributed by atoms with Crippen LogP contribution in [0.25, 0.3) is 22.6 Å². The van der Waals surface area contributed by atoms with Gasteiger partial charge in [0.1, 0.15) is 0 Å². The summed E-state index contributed by atoms with van der Waals surface area (Å²) in [4.78, 5) is 28.5. The van der Waals surface area contributed by atoms with Crippen LogP contribution in [0, 0.1) is 6.92 Å². The molecule has 6 heteroatoms. The van der Waals surface area contributed by atoms with Crippen molar-refractivity contribution < 1.29 is 9.53 Å². The van der Waals surface area contributed by atoms with Crippen molar-refractivity contribution in [2.24, 2.45) is 0 Å². The van der Waals surface area contributed by atoms with Crippen molar-refractivity contribution >= 4 is 11.6 Å². The van der Waals surface area contributed by atoms with Crippen LogP contribution in [0.1, 0.15) is 25.1 Å². The molecule has 5 rings (SSSR count). The van der Waals surface area contributed by atoms with Gasteiger partial charge in [0.05, 0.1) is 30.4 Å². The molecule has 4 heterocycles. The van der Waals surface area contributed by atoms with E-state index in [0.29, 0.717) is 19.0 Å². The van der Waals surface area contributed by atoms with Gasteiger partial charge in [-0.2, -0.15) is 0 Å². The Balaban J connectivity index is 1.57. The molecule has 6 nitrogen and oxygen atoms in total. The molecule has 0 radical (unpaired) electrons. The van der Waals surface area contributed by atoms with Crippen LogP contribution in [0.4, 0.5) is 5.69 Å². The number of carbonyl (C=O) groups excluding carboxylic acids is 1. The first-order valence-electron chi connectivity index (χ1n) is 9.77. The van der Waals surface area contributed by atoms with Crippen LogP contribution in [-0.4, -0.2) is 40.1 Å². The third kappa shape index (κ3) is 2.83. The second kappa shape index (κ2) is 6.46. The van der Waals surface area contributed by atoms with Crippen molar-refractivity contribution in [3.05, 3.63) is 60.0 Å². The van der Waals surface area contributed by atoms with E-state index in [0.717, 1.165) is 33.8 Å². The molecule has 2 aliphatic rings. The molecule has 0 bridgehead atoms. The first-order chi connectivity index (χ1) is 13.9. The predicted molar refractivity (Wildman–Crippen MR) is 111 cm³/mol. The van der Waals surface area contributed by atoms with Crippen LogP contribution in [0.5, 0.6) is 0 Å². The van der Waals surface area contributed by atoms with Crippen LogP contribution in [-0.2, 0) is 14.9 Å². The van der Waals surface area contributed by atoms with Crippen molar-refractivity contribution in [3.8, 4) is 22.6 Å². The van der Waals surface area contributed by atoms with Crippen LogP contribution >= 0.6 is 0 Å². The number of amides is 1. The van der Waals surface area contributed by atoms with Gasteiger partial charge >= 0.3 is 0 Å². The first-order valence-corrected chi connectivity index (χ1v) is 9.77. The summed E-state index contributed by atoms with van der Waals surface area (Å²) < 4.78 is 5.35. The number of pyridine rings is 1. The molecule has 1 aromatic carbocycles. The Kier molecular flexibility index (Phi) is 3.99. The van der Waals surface area contributed by atoms with E-state index in [1.807, 2.05) is 49.9 Å². The third-order valence-electron chi connectivity index (χ3n) is 5.79. The van der Waals surface area contributed by atoms with E-state index in [2.05, 4.69) is 22.1 Å². The van der Waals surface area contributed by atoms with Crippen LogP contribution in [0.2, 0.25) is 0 Å². The van der Waals surface area contributed by atoms with E-state index in [1.165, 1.54) is 0 Å². The summed E-state index contributed by atoms with van der Waals surface area (Å²) in [7, 11) is 0. The second-order valence-electron chi connectivity index (χ2n) is 8.18. The average Bonchev–Trinajstić information content (AvgIpc) is 2.88. The zero-order chi connectivity index (χ0) is 20.2. The van der Waals surface area contributed by atoms with Gasteiger partial charge < -0.3 is 9.64 Å². The number of aryl methyl sites for hydroxylation is 1. The van der Waals surface area contributed by atoms with E-state index >= 15 is 0 Å². The summed E-state index contributed by atoms with van der Waals surface area (Å²) in [6, 6.07) is 12.1. The molecular formula is C23H22N4O2. The van der Waals surface area contributed by atoms with E-state index < -0.39 is 5.41 Å². The predicted octanol–water partition coefficient (Wildman–Crippen LogP) is 3.54. The summed E-state index contributed by atoms with van der Waals surface area (Å²) in [6.45, 7) is 7.10. The van der Waals surface area contributed by atoms with Gasteiger partial charge in [0.15, 0.2) is 5.82 Å². The van der Waals surface area contributed by atoms with Gasteiger partial charge in [-0.3, -0.25) is 9.78 Å². The first kappa shape index (κ1) is 17.9. The largest absolute Gasteiger partial charge is 0.377 e. The minimum absolute atomic E-state index is 0.109. The Bertz CT molecular complexity index is 1100. The lowest BCUT2D eigenvalue weighted by Crippen LogP contribution is -2.52. The molecular weight excluding hydrogens is 364 g/mol. The zero-order valence-corrected chi connectivity index (χ0v) is 16.7. The molecule has 0 aliphatic carbocycles. The van der Waals surface area contributed by atoms with Crippen molar-refractivity contribution in [3.63, 3.8) is 0 Å². The molecule has 29 heavy (non-hydrogen) atoms. The van der Waals surface area contributed by atoms with Crippen LogP contribution in [0.15, 0.2) is 48.8 Å². The number of fused-ring (bicyclic) bond motifs is 1. The maximum absolute atomic E-state index is 13.1. The Hall–Kier alpha value is -3.12. The van der Waals surface area contributed by atoms with E-state index in [1.54, 1.807) is 12.4 Å². The number of hydrogen-bond acceptors (Lipinski definition) is 5. The molecule has 0 N–H and O–H groups in total. The van der Waals surface area contributed by atoms with Gasteiger partial charge in [0.25, 0.3) is 0 Å². The molecule has 2 aromatic heterocycles. The number of aromatic nitrogens is 3. The number of nitrogens with zero attached hydrogens (tertiary/aromatic N) is 4. The zero-order valence-electron chi connectivity index (χ0n) is 16.7. The molecule has 2 aliphatic heterocycles. The topological polar surface area (TPSA) is 68.2 Å². The number of benzene rings is 1. The highest BCUT2D eigenvalue weighted by Crippen LogP contribution is 2.45. The van der Waals surface area contributed by atoms with Gasteiger partial charge in [-0.25, -0.2) is 9.97 Å². The monoisotopic (exact) mass is 386 g/mol. The van der Waals surface area contributed by atoms with Crippen molar-refractivity contribution in [2.45, 2.75) is 32.2 Å². The van der Waals surface area contributed by atoms with Crippen molar-refractivity contribution in [1.82, 2.24) is 15.0 Å². The lowest BCUT2D eigenvalue weighted by molar-refractivity contribution is -0.124. The Morgan fingerprint density at radius 1 is 1.07 bits per heavy atom. The number of anilines is 1. The second-order valence-corrected chi connectivity index (χ2v) is 8.18. The van der Waals surface area contributed by atoms with Crippen LogP contribution in [0.3, 0.4) is 0 Å². The lowest BCUT2D eigenvalue weighted by Gasteiger charge is -2.35. The normalized spacial score (nSPS) is 17.9. The highest BCUT2D eigenvalue weighted by Gasteiger charge is 2.48. The molecule has 0 unspecified atom stereocenters. The van der Waals surface area contributed by atoms with Crippen molar-refractivity contribution in [2.75, 3.05) is 18.1 Å². The maximum Gasteiger partial charge on any atom is 0.237 e. The van der Waals surface area contributed by atoms with Crippen molar-refractivity contribution in [1.29, 1.82) is 0 Å². The minimum Gasteiger partial charge on any atom is -0.377 e. The summed E-state index contributed by atoms with van der Waals surface area (Å²) in [5.41, 5.74) is 5.09. The summed E-state index contributed by atoms with van der Waals surface area (Å²) in [5, 5.41) is 0. The smallest absolute Gasteiger partial charge is 0.237 e. The molecule has 0 spiro atoms. The molecule has 1 saturated heterocycles. The maximum atomic E-state index is 13.1. The minimum atomic E-state index is -0.534. The van der Waals surface area contributed by atoms with Gasteiger partial charge in [-0.15, -0.1) is 0 Å². The Morgan fingerprint density at radius 3 is 2.55 bits per heavy atom. The highest BCUT2D eigenvalue weighted by molar-refractivity contribution is 6.08. The lowest BCUT2D eigenvalue weighted by atomic mass is 9.85. The fourth-order valence-corrected chi connectivity index (χ4v) is 3.94. The molecule has 0 saturated carbocycles. The standard InChI is InChI=1S/C23H22N4O2/c1-14-4-5-16(11-25-14)21-24-9-8-19(26-21)15-6-7-18-20(10-15)27(17-12-29-13-17)22(28)23(18,2)3/h4-11,17H,12-13H2,1-3H3. The van der Waals surface area contributed by atoms with E-state index in [9.17, 15) is 4.79 Å². The molecule has 3 aromatic rings. The number of rotatable bonds is 3. The summed E-state index contributed by atoms with van der Waals surface area (Å²) in [5.74, 6) is 0.767. The molecule has 1 fully saturated rings. The fourth-order valence-electron chi connectivity index (χ4n) is 3.94. The van der Waals surface area contributed by atoms with E-state index in [4.69, 9.17) is 9.72 Å². The Labute approximate surface area is 169 Å². The highest BCUT2D eigenvalue weighted by atomic mass is 16.5. The number of hydrogen-bond donors (Lipinski definition) is 0. The molecule has 0 atom stereocenters. The average molecular weight is 386 g/mol. The number of ether oxygens (including phenoxy) is 1. The Morgan fingerprint density at radius 2 is 1.86 bits per heavy atom. The number of carbonyl (C=O) groups is 1. The van der Waals surface area contributed by atoms with Gasteiger partial charge in [0, 0.05) is 34.9 Å².